The summed E-state index contributed by atoms with van der Waals surface area (Å²) in [4.78, 5) is 14.2. The van der Waals surface area contributed by atoms with Gasteiger partial charge in [0.15, 0.2) is 0 Å². The Bertz CT molecular complexity index is 720. The summed E-state index contributed by atoms with van der Waals surface area (Å²) >= 11 is 0. The molecule has 1 aliphatic carbocycles. The van der Waals surface area contributed by atoms with Crippen LogP contribution in [0.5, 0.6) is 0 Å². The lowest BCUT2D eigenvalue weighted by atomic mass is 10.2. The predicted octanol–water partition coefficient (Wildman–Crippen LogP) is 4.17. The Morgan fingerprint density at radius 1 is 1.09 bits per heavy atom. The van der Waals surface area contributed by atoms with Crippen LogP contribution in [0.4, 0.5) is 8.78 Å². The summed E-state index contributed by atoms with van der Waals surface area (Å²) in [6.07, 6.45) is 4.85. The van der Waals surface area contributed by atoms with Gasteiger partial charge in [-0.2, -0.15) is 0 Å². The second-order valence-corrected chi connectivity index (χ2v) is 5.68. The van der Waals surface area contributed by atoms with Crippen LogP contribution in [0.15, 0.2) is 54.6 Å². The molecule has 2 aromatic carbocycles. The molecule has 2 aromatic rings. The molecule has 0 aromatic heterocycles. The maximum absolute atomic E-state index is 13.6. The summed E-state index contributed by atoms with van der Waals surface area (Å²) in [5, 5.41) is 0. The number of carbonyl (C=O) groups is 1. The van der Waals surface area contributed by atoms with Crippen LogP contribution in [-0.4, -0.2) is 16.8 Å². The van der Waals surface area contributed by atoms with E-state index in [0.717, 1.165) is 18.4 Å². The summed E-state index contributed by atoms with van der Waals surface area (Å²) in [6, 6.07) is 12.7. The lowest BCUT2D eigenvalue weighted by molar-refractivity contribution is -0.127. The fourth-order valence-corrected chi connectivity index (χ4v) is 2.43. The molecule has 0 aliphatic heterocycles. The topological polar surface area (TPSA) is 20.3 Å². The van der Waals surface area contributed by atoms with E-state index in [1.165, 1.54) is 30.4 Å². The normalized spacial score (nSPS) is 14.2. The van der Waals surface area contributed by atoms with Gasteiger partial charge in [-0.05, 0) is 42.7 Å². The van der Waals surface area contributed by atoms with Gasteiger partial charge in [-0.15, -0.1) is 0 Å². The highest BCUT2D eigenvalue weighted by Gasteiger charge is 2.31. The first kappa shape index (κ1) is 15.4. The highest BCUT2D eigenvalue weighted by Crippen LogP contribution is 2.28. The Morgan fingerprint density at radius 2 is 1.78 bits per heavy atom. The van der Waals surface area contributed by atoms with E-state index in [1.807, 2.05) is 0 Å². The zero-order valence-electron chi connectivity index (χ0n) is 12.6. The SMILES string of the molecule is O=C(/C=C/c1ccccc1F)N(Cc1ccc(F)cc1)C1CC1. The highest BCUT2D eigenvalue weighted by molar-refractivity contribution is 5.92. The van der Waals surface area contributed by atoms with Gasteiger partial charge in [0.25, 0.3) is 0 Å². The molecule has 1 saturated carbocycles. The van der Waals surface area contributed by atoms with Crippen molar-refractivity contribution in [2.75, 3.05) is 0 Å². The van der Waals surface area contributed by atoms with Crippen LogP contribution in [0, 0.1) is 11.6 Å². The van der Waals surface area contributed by atoms with Gasteiger partial charge in [0.05, 0.1) is 0 Å². The summed E-state index contributed by atoms with van der Waals surface area (Å²) in [7, 11) is 0. The lowest BCUT2D eigenvalue weighted by Gasteiger charge is -2.21. The molecule has 1 aliphatic rings. The number of hydrogen-bond donors (Lipinski definition) is 0. The molecule has 0 spiro atoms. The number of benzene rings is 2. The maximum atomic E-state index is 13.6. The monoisotopic (exact) mass is 313 g/mol. The van der Waals surface area contributed by atoms with Crippen molar-refractivity contribution in [2.24, 2.45) is 0 Å². The zero-order valence-corrected chi connectivity index (χ0v) is 12.6. The van der Waals surface area contributed by atoms with Gasteiger partial charge in [-0.3, -0.25) is 4.79 Å². The van der Waals surface area contributed by atoms with Crippen molar-refractivity contribution in [1.82, 2.24) is 4.90 Å². The van der Waals surface area contributed by atoms with Gasteiger partial charge in [-0.25, -0.2) is 8.78 Å². The number of amides is 1. The van der Waals surface area contributed by atoms with Crippen LogP contribution in [0.25, 0.3) is 6.08 Å². The third kappa shape index (κ3) is 4.03. The van der Waals surface area contributed by atoms with Crippen molar-refractivity contribution >= 4 is 12.0 Å². The van der Waals surface area contributed by atoms with Crippen molar-refractivity contribution < 1.29 is 13.6 Å². The largest absolute Gasteiger partial charge is 0.332 e. The molecule has 0 bridgehead atoms. The molecule has 1 fully saturated rings. The first-order chi connectivity index (χ1) is 11.1. The second-order valence-electron chi connectivity index (χ2n) is 5.68. The number of rotatable bonds is 5. The fraction of sp³-hybridized carbons (Fsp3) is 0.211. The Kier molecular flexibility index (Phi) is 4.51. The van der Waals surface area contributed by atoms with E-state index >= 15 is 0 Å². The minimum absolute atomic E-state index is 0.153. The highest BCUT2D eigenvalue weighted by atomic mass is 19.1. The van der Waals surface area contributed by atoms with Gasteiger partial charge in [-0.1, -0.05) is 30.3 Å². The number of carbonyl (C=O) groups excluding carboxylic acids is 1. The molecule has 0 saturated heterocycles. The Balaban J connectivity index is 1.72. The molecule has 0 atom stereocenters. The fourth-order valence-electron chi connectivity index (χ4n) is 2.43. The average molecular weight is 313 g/mol. The predicted molar refractivity (Wildman–Crippen MR) is 85.4 cm³/mol. The molecule has 0 radical (unpaired) electrons. The molecular formula is C19H17F2NO. The van der Waals surface area contributed by atoms with Crippen LogP contribution in [0.2, 0.25) is 0 Å². The lowest BCUT2D eigenvalue weighted by Crippen LogP contribution is -2.31. The molecule has 118 valence electrons. The number of halogens is 2. The summed E-state index contributed by atoms with van der Waals surface area (Å²) in [5.41, 5.74) is 1.27. The molecule has 4 heteroatoms. The average Bonchev–Trinajstić information content (AvgIpc) is 3.38. The maximum Gasteiger partial charge on any atom is 0.247 e. The molecule has 3 rings (SSSR count). The Morgan fingerprint density at radius 3 is 2.43 bits per heavy atom. The van der Waals surface area contributed by atoms with E-state index in [-0.39, 0.29) is 23.6 Å². The van der Waals surface area contributed by atoms with Gasteiger partial charge in [0.2, 0.25) is 5.91 Å². The van der Waals surface area contributed by atoms with Crippen molar-refractivity contribution in [2.45, 2.75) is 25.4 Å². The van der Waals surface area contributed by atoms with E-state index in [1.54, 1.807) is 35.2 Å². The van der Waals surface area contributed by atoms with Gasteiger partial charge in [0, 0.05) is 24.2 Å². The molecule has 1 amide bonds. The quantitative estimate of drug-likeness (QED) is 0.759. The first-order valence-electron chi connectivity index (χ1n) is 7.61. The second kappa shape index (κ2) is 6.73. The summed E-state index contributed by atoms with van der Waals surface area (Å²) in [5.74, 6) is -0.800. The molecule has 2 nitrogen and oxygen atoms in total. The van der Waals surface area contributed by atoms with Crippen LogP contribution in [-0.2, 0) is 11.3 Å². The Labute approximate surface area is 134 Å². The first-order valence-corrected chi connectivity index (χ1v) is 7.61. The Hall–Kier alpha value is -2.49. The molecule has 0 unspecified atom stereocenters. The van der Waals surface area contributed by atoms with Crippen LogP contribution in [0.1, 0.15) is 24.0 Å². The van der Waals surface area contributed by atoms with Crippen LogP contribution < -0.4 is 0 Å². The van der Waals surface area contributed by atoms with E-state index in [9.17, 15) is 13.6 Å². The summed E-state index contributed by atoms with van der Waals surface area (Å²) in [6.45, 7) is 0.436. The van der Waals surface area contributed by atoms with Gasteiger partial charge < -0.3 is 4.90 Å². The van der Waals surface area contributed by atoms with Crippen molar-refractivity contribution in [3.05, 3.63) is 77.4 Å². The number of hydrogen-bond acceptors (Lipinski definition) is 1. The van der Waals surface area contributed by atoms with Crippen LogP contribution in [0.3, 0.4) is 0 Å². The third-order valence-electron chi connectivity index (χ3n) is 3.85. The van der Waals surface area contributed by atoms with Gasteiger partial charge >= 0.3 is 0 Å². The summed E-state index contributed by atoms with van der Waals surface area (Å²) < 4.78 is 26.6. The molecule has 0 heterocycles. The standard InChI is InChI=1S/C19H17F2NO/c20-16-8-5-14(6-9-16)13-22(17-10-11-17)19(23)12-7-15-3-1-2-4-18(15)21/h1-9,12,17H,10-11,13H2/b12-7+. The molecule has 0 N–H and O–H groups in total. The smallest absolute Gasteiger partial charge is 0.247 e. The minimum Gasteiger partial charge on any atom is -0.332 e. The third-order valence-corrected chi connectivity index (χ3v) is 3.85. The van der Waals surface area contributed by atoms with E-state index in [0.29, 0.717) is 12.1 Å². The molecule has 23 heavy (non-hydrogen) atoms. The van der Waals surface area contributed by atoms with Gasteiger partial charge in [0.1, 0.15) is 11.6 Å². The van der Waals surface area contributed by atoms with Crippen molar-refractivity contribution in [3.63, 3.8) is 0 Å². The van der Waals surface area contributed by atoms with E-state index in [4.69, 9.17) is 0 Å². The van der Waals surface area contributed by atoms with Crippen molar-refractivity contribution in [1.29, 1.82) is 0 Å². The van der Waals surface area contributed by atoms with E-state index < -0.39 is 0 Å². The molecular weight excluding hydrogens is 296 g/mol. The van der Waals surface area contributed by atoms with Crippen LogP contribution >= 0.6 is 0 Å². The minimum atomic E-state index is -0.354. The van der Waals surface area contributed by atoms with E-state index in [2.05, 4.69) is 0 Å². The van der Waals surface area contributed by atoms with Crippen molar-refractivity contribution in [3.8, 4) is 0 Å². The zero-order chi connectivity index (χ0) is 16.2. The number of nitrogens with zero attached hydrogens (tertiary/aromatic N) is 1.